The van der Waals surface area contributed by atoms with E-state index in [9.17, 15) is 0 Å². The van der Waals surface area contributed by atoms with Gasteiger partial charge in [-0.1, -0.05) is 56.1 Å². The topological polar surface area (TPSA) is 17.8 Å². The van der Waals surface area contributed by atoms with Crippen molar-refractivity contribution < 1.29 is 0 Å². The van der Waals surface area contributed by atoms with Gasteiger partial charge in [0.2, 0.25) is 0 Å². The van der Waals surface area contributed by atoms with Crippen LogP contribution in [0.15, 0.2) is 58.3 Å². The molecule has 3 aromatic rings. The van der Waals surface area contributed by atoms with Crippen molar-refractivity contribution in [1.29, 1.82) is 0 Å². The predicted octanol–water partition coefficient (Wildman–Crippen LogP) is 7.61. The van der Waals surface area contributed by atoms with Crippen molar-refractivity contribution in [2.45, 2.75) is 47.5 Å². The quantitative estimate of drug-likeness (QED) is 0.359. The second-order valence-electron chi connectivity index (χ2n) is 7.65. The summed E-state index contributed by atoms with van der Waals surface area (Å²) in [6.07, 6.45) is 0. The van der Waals surface area contributed by atoms with Gasteiger partial charge in [-0.05, 0) is 47.4 Å². The fourth-order valence-corrected chi connectivity index (χ4v) is 4.97. The first kappa shape index (κ1) is 21.6. The van der Waals surface area contributed by atoms with E-state index in [1.165, 1.54) is 15.4 Å². The lowest BCUT2D eigenvalue weighted by molar-refractivity contribution is 0.590. The molecule has 0 fully saturated rings. The number of benzene rings is 2. The fourth-order valence-electron chi connectivity index (χ4n) is 2.75. The van der Waals surface area contributed by atoms with Crippen LogP contribution in [0.1, 0.15) is 37.6 Å². The van der Waals surface area contributed by atoms with Crippen molar-refractivity contribution in [3.05, 3.63) is 75.5 Å². The van der Waals surface area contributed by atoms with Crippen LogP contribution < -0.4 is 0 Å². The van der Waals surface area contributed by atoms with Crippen LogP contribution in [0.5, 0.6) is 0 Å². The lowest BCUT2D eigenvalue weighted by atomic mass is 9.87. The molecule has 0 aliphatic heterocycles. The van der Waals surface area contributed by atoms with Gasteiger partial charge in [-0.25, -0.2) is 0 Å². The van der Waals surface area contributed by atoms with Crippen LogP contribution >= 0.6 is 46.7 Å². The van der Waals surface area contributed by atoms with E-state index in [2.05, 4.69) is 50.1 Å². The maximum Gasteiger partial charge on any atom is 0.131 e. The van der Waals surface area contributed by atoms with Crippen molar-refractivity contribution in [2.24, 2.45) is 7.05 Å². The molecule has 0 spiro atoms. The molecule has 0 saturated carbocycles. The normalized spacial score (nSPS) is 11.8. The summed E-state index contributed by atoms with van der Waals surface area (Å²) in [5.74, 6) is 1.58. The smallest absolute Gasteiger partial charge is 0.131 e. The molecule has 6 heteroatoms. The number of rotatable bonds is 6. The van der Waals surface area contributed by atoms with Crippen molar-refractivity contribution in [1.82, 2.24) is 9.78 Å². The van der Waals surface area contributed by atoms with E-state index < -0.39 is 0 Å². The number of hydrogen-bond donors (Lipinski definition) is 0. The van der Waals surface area contributed by atoms with E-state index in [0.717, 1.165) is 27.8 Å². The van der Waals surface area contributed by atoms with E-state index in [1.807, 2.05) is 31.3 Å². The molecule has 28 heavy (non-hydrogen) atoms. The number of halogens is 2. The highest BCUT2D eigenvalue weighted by Gasteiger charge is 2.16. The molecule has 0 saturated heterocycles. The molecule has 0 radical (unpaired) electrons. The number of aromatic nitrogens is 2. The number of aryl methyl sites for hydroxylation is 1. The summed E-state index contributed by atoms with van der Waals surface area (Å²) in [6.45, 7) is 6.69. The molecule has 2 nitrogen and oxygen atoms in total. The monoisotopic (exact) mass is 450 g/mol. The molecule has 2 aromatic carbocycles. The summed E-state index contributed by atoms with van der Waals surface area (Å²) in [6, 6.07) is 16.7. The Morgan fingerprint density at radius 3 is 1.96 bits per heavy atom. The summed E-state index contributed by atoms with van der Waals surface area (Å²) in [7, 11) is 1.89. The molecular weight excluding hydrogens is 427 g/mol. The van der Waals surface area contributed by atoms with Gasteiger partial charge in [-0.3, -0.25) is 4.68 Å². The molecule has 0 aliphatic carbocycles. The lowest BCUT2D eigenvalue weighted by Gasteiger charge is -2.19. The zero-order chi connectivity index (χ0) is 20.3. The van der Waals surface area contributed by atoms with Gasteiger partial charge in [-0.15, -0.1) is 23.5 Å². The third-order valence-electron chi connectivity index (χ3n) is 4.44. The van der Waals surface area contributed by atoms with Gasteiger partial charge in [0.25, 0.3) is 0 Å². The van der Waals surface area contributed by atoms with Gasteiger partial charge in [0, 0.05) is 38.9 Å². The molecule has 1 heterocycles. The summed E-state index contributed by atoms with van der Waals surface area (Å²) in [4.78, 5) is 2.41. The SMILES string of the molecule is Cn1nc(CSc2ccc(Cl)cc2)c(CSc2ccc(C(C)(C)C)cc2)c1Cl. The second kappa shape index (κ2) is 9.17. The van der Waals surface area contributed by atoms with Crippen molar-refractivity contribution in [3.63, 3.8) is 0 Å². The minimum absolute atomic E-state index is 0.169. The van der Waals surface area contributed by atoms with Crippen LogP contribution in [0.3, 0.4) is 0 Å². The Bertz CT molecular complexity index is 927. The first-order valence-corrected chi connectivity index (χ1v) is 11.8. The van der Waals surface area contributed by atoms with E-state index in [1.54, 1.807) is 28.2 Å². The minimum Gasteiger partial charge on any atom is -0.256 e. The Morgan fingerprint density at radius 1 is 0.857 bits per heavy atom. The third kappa shape index (κ3) is 5.50. The zero-order valence-electron chi connectivity index (χ0n) is 16.5. The number of hydrogen-bond acceptors (Lipinski definition) is 3. The Hall–Kier alpha value is -1.07. The first-order chi connectivity index (χ1) is 13.2. The van der Waals surface area contributed by atoms with E-state index in [4.69, 9.17) is 23.2 Å². The highest BCUT2D eigenvalue weighted by molar-refractivity contribution is 7.99. The van der Waals surface area contributed by atoms with Gasteiger partial charge < -0.3 is 0 Å². The van der Waals surface area contributed by atoms with Crippen molar-refractivity contribution in [3.8, 4) is 0 Å². The van der Waals surface area contributed by atoms with E-state index >= 15 is 0 Å². The Labute approximate surface area is 186 Å². The van der Waals surface area contributed by atoms with Crippen LogP contribution in [0.2, 0.25) is 10.2 Å². The second-order valence-corrected chi connectivity index (χ2v) is 10.5. The first-order valence-electron chi connectivity index (χ1n) is 9.06. The standard InChI is InChI=1S/C22H24Cl2N2S2/c1-22(2,3)15-5-9-17(10-6-15)27-13-19-20(25-26(4)21(19)24)14-28-18-11-7-16(23)8-12-18/h5-12H,13-14H2,1-4H3. The number of thioether (sulfide) groups is 2. The average molecular weight is 451 g/mol. The predicted molar refractivity (Wildman–Crippen MR) is 124 cm³/mol. The summed E-state index contributed by atoms with van der Waals surface area (Å²) in [5, 5.41) is 6.09. The maximum atomic E-state index is 6.53. The van der Waals surface area contributed by atoms with Crippen molar-refractivity contribution >= 4 is 46.7 Å². The summed E-state index contributed by atoms with van der Waals surface area (Å²) >= 11 is 16.0. The highest BCUT2D eigenvalue weighted by Crippen LogP contribution is 2.33. The molecule has 0 bridgehead atoms. The average Bonchev–Trinajstić information content (AvgIpc) is 2.93. The lowest BCUT2D eigenvalue weighted by Crippen LogP contribution is -2.10. The molecule has 0 amide bonds. The summed E-state index contributed by atoms with van der Waals surface area (Å²) < 4.78 is 1.76. The van der Waals surface area contributed by atoms with Crippen LogP contribution in [-0.2, 0) is 24.0 Å². The molecular formula is C22H24Cl2N2S2. The Kier molecular flexibility index (Phi) is 7.08. The molecule has 3 rings (SSSR count). The molecule has 0 aliphatic rings. The maximum absolute atomic E-state index is 6.53. The van der Waals surface area contributed by atoms with E-state index in [0.29, 0.717) is 5.15 Å². The van der Waals surface area contributed by atoms with E-state index in [-0.39, 0.29) is 5.41 Å². The van der Waals surface area contributed by atoms with Crippen LogP contribution in [0, 0.1) is 0 Å². The Morgan fingerprint density at radius 2 is 1.39 bits per heavy atom. The highest BCUT2D eigenvalue weighted by atomic mass is 35.5. The zero-order valence-corrected chi connectivity index (χ0v) is 19.6. The minimum atomic E-state index is 0.169. The fraction of sp³-hybridized carbons (Fsp3) is 0.318. The molecule has 1 aromatic heterocycles. The van der Waals surface area contributed by atoms with Crippen LogP contribution in [0.4, 0.5) is 0 Å². The largest absolute Gasteiger partial charge is 0.256 e. The summed E-state index contributed by atoms with van der Waals surface area (Å²) in [5.41, 5.74) is 3.65. The number of nitrogens with zero attached hydrogens (tertiary/aromatic N) is 2. The van der Waals surface area contributed by atoms with Gasteiger partial charge in [0.05, 0.1) is 5.69 Å². The third-order valence-corrected chi connectivity index (χ3v) is 7.23. The van der Waals surface area contributed by atoms with Gasteiger partial charge in [0.1, 0.15) is 5.15 Å². The van der Waals surface area contributed by atoms with Gasteiger partial charge in [0.15, 0.2) is 0 Å². The Balaban J connectivity index is 1.68. The van der Waals surface area contributed by atoms with Gasteiger partial charge >= 0.3 is 0 Å². The molecule has 0 unspecified atom stereocenters. The van der Waals surface area contributed by atoms with Crippen LogP contribution in [0.25, 0.3) is 0 Å². The van der Waals surface area contributed by atoms with Gasteiger partial charge in [-0.2, -0.15) is 5.10 Å². The van der Waals surface area contributed by atoms with Crippen LogP contribution in [-0.4, -0.2) is 9.78 Å². The molecule has 0 atom stereocenters. The molecule has 0 N–H and O–H groups in total. The molecule has 148 valence electrons. The van der Waals surface area contributed by atoms with Crippen molar-refractivity contribution in [2.75, 3.05) is 0 Å².